The lowest BCUT2D eigenvalue weighted by molar-refractivity contribution is -0.121. The fraction of sp³-hybridized carbons (Fsp3) is 0.316. The summed E-state index contributed by atoms with van der Waals surface area (Å²) in [6.07, 6.45) is 1.55. The Bertz CT molecular complexity index is 839. The van der Waals surface area contributed by atoms with E-state index >= 15 is 0 Å². The van der Waals surface area contributed by atoms with Crippen molar-refractivity contribution in [2.75, 3.05) is 20.3 Å². The first kappa shape index (κ1) is 17.1. The zero-order chi connectivity index (χ0) is 17.5. The van der Waals surface area contributed by atoms with Gasteiger partial charge in [-0.1, -0.05) is 47.6 Å². The van der Waals surface area contributed by atoms with Crippen molar-refractivity contribution in [3.05, 3.63) is 48.4 Å². The summed E-state index contributed by atoms with van der Waals surface area (Å²) in [5, 5.41) is 9.11. The molecule has 0 saturated heterocycles. The van der Waals surface area contributed by atoms with Gasteiger partial charge in [-0.2, -0.15) is 4.98 Å². The molecule has 6 nitrogen and oxygen atoms in total. The van der Waals surface area contributed by atoms with Crippen LogP contribution >= 0.6 is 0 Å². The maximum atomic E-state index is 11.8. The van der Waals surface area contributed by atoms with Crippen molar-refractivity contribution in [2.24, 2.45) is 0 Å². The molecule has 0 fully saturated rings. The largest absolute Gasteiger partial charge is 0.385 e. The third-order valence-electron chi connectivity index (χ3n) is 3.91. The van der Waals surface area contributed by atoms with Gasteiger partial charge in [0.1, 0.15) is 0 Å². The zero-order valence-corrected chi connectivity index (χ0v) is 14.2. The average molecular weight is 339 g/mol. The Hall–Kier alpha value is -2.73. The molecule has 1 heterocycles. The number of hydrogen-bond donors (Lipinski definition) is 1. The lowest BCUT2D eigenvalue weighted by Gasteiger charge is -2.03. The minimum Gasteiger partial charge on any atom is -0.385 e. The van der Waals surface area contributed by atoms with E-state index in [4.69, 9.17) is 9.26 Å². The number of rotatable bonds is 8. The molecule has 0 aliphatic carbocycles. The Balaban J connectivity index is 1.62. The highest BCUT2D eigenvalue weighted by atomic mass is 16.5. The summed E-state index contributed by atoms with van der Waals surface area (Å²) in [5.41, 5.74) is 0.928. The highest BCUT2D eigenvalue weighted by Crippen LogP contribution is 2.26. The second-order valence-electron chi connectivity index (χ2n) is 5.73. The van der Waals surface area contributed by atoms with Crippen molar-refractivity contribution in [1.29, 1.82) is 0 Å². The number of nitrogens with one attached hydrogen (secondary N) is 1. The van der Waals surface area contributed by atoms with Crippen LogP contribution in [0.2, 0.25) is 0 Å². The van der Waals surface area contributed by atoms with Crippen LogP contribution in [-0.4, -0.2) is 36.3 Å². The molecule has 0 aliphatic rings. The molecule has 0 aliphatic heterocycles. The van der Waals surface area contributed by atoms with Crippen LogP contribution in [0.1, 0.15) is 18.7 Å². The lowest BCUT2D eigenvalue weighted by atomic mass is 10.0. The van der Waals surface area contributed by atoms with Crippen molar-refractivity contribution < 1.29 is 14.1 Å². The summed E-state index contributed by atoms with van der Waals surface area (Å²) in [4.78, 5) is 16.2. The molecule has 0 atom stereocenters. The van der Waals surface area contributed by atoms with Gasteiger partial charge < -0.3 is 14.6 Å². The highest BCUT2D eigenvalue weighted by Gasteiger charge is 2.12. The summed E-state index contributed by atoms with van der Waals surface area (Å²) in [6, 6.07) is 14.1. The van der Waals surface area contributed by atoms with Crippen LogP contribution in [0.5, 0.6) is 0 Å². The van der Waals surface area contributed by atoms with E-state index in [2.05, 4.69) is 15.5 Å². The number of amides is 1. The quantitative estimate of drug-likeness (QED) is 0.639. The van der Waals surface area contributed by atoms with Gasteiger partial charge in [0.25, 0.3) is 0 Å². The van der Waals surface area contributed by atoms with Crippen molar-refractivity contribution in [2.45, 2.75) is 19.3 Å². The number of carbonyl (C=O) groups excluding carboxylic acids is 1. The zero-order valence-electron chi connectivity index (χ0n) is 14.2. The molecule has 0 saturated carbocycles. The second-order valence-corrected chi connectivity index (χ2v) is 5.73. The van der Waals surface area contributed by atoms with Crippen LogP contribution in [0.15, 0.2) is 47.0 Å². The highest BCUT2D eigenvalue weighted by molar-refractivity contribution is 5.94. The van der Waals surface area contributed by atoms with E-state index in [0.717, 1.165) is 22.8 Å². The summed E-state index contributed by atoms with van der Waals surface area (Å²) < 4.78 is 10.2. The summed E-state index contributed by atoms with van der Waals surface area (Å²) in [5.74, 6) is 0.989. The van der Waals surface area contributed by atoms with Gasteiger partial charge in [-0.25, -0.2) is 0 Å². The molecule has 0 bridgehead atoms. The Morgan fingerprint density at radius 1 is 1.20 bits per heavy atom. The summed E-state index contributed by atoms with van der Waals surface area (Å²) >= 11 is 0. The van der Waals surface area contributed by atoms with Crippen molar-refractivity contribution in [3.8, 4) is 11.4 Å². The topological polar surface area (TPSA) is 77.2 Å². The van der Waals surface area contributed by atoms with Gasteiger partial charge in [-0.05, 0) is 17.2 Å². The predicted molar refractivity (Wildman–Crippen MR) is 95.1 cm³/mol. The number of methoxy groups -OCH3 is 1. The van der Waals surface area contributed by atoms with Gasteiger partial charge in [0, 0.05) is 38.7 Å². The van der Waals surface area contributed by atoms with Crippen LogP contribution in [0.4, 0.5) is 0 Å². The molecule has 1 N–H and O–H groups in total. The fourth-order valence-corrected chi connectivity index (χ4v) is 2.64. The van der Waals surface area contributed by atoms with Crippen LogP contribution < -0.4 is 5.32 Å². The van der Waals surface area contributed by atoms with Crippen molar-refractivity contribution >= 4 is 16.7 Å². The number of ether oxygens (including phenoxy) is 1. The molecule has 0 unspecified atom stereocenters. The number of hydrogen-bond acceptors (Lipinski definition) is 5. The maximum Gasteiger partial charge on any atom is 0.227 e. The van der Waals surface area contributed by atoms with E-state index in [1.165, 1.54) is 0 Å². The van der Waals surface area contributed by atoms with Crippen molar-refractivity contribution in [3.63, 3.8) is 0 Å². The monoisotopic (exact) mass is 339 g/mol. The van der Waals surface area contributed by atoms with Gasteiger partial charge >= 0.3 is 0 Å². The number of nitrogens with zero attached hydrogens (tertiary/aromatic N) is 2. The molecule has 25 heavy (non-hydrogen) atoms. The van der Waals surface area contributed by atoms with Crippen LogP contribution in [0, 0.1) is 0 Å². The first-order valence-corrected chi connectivity index (χ1v) is 8.34. The van der Waals surface area contributed by atoms with Gasteiger partial charge in [0.05, 0.1) is 0 Å². The Kier molecular flexibility index (Phi) is 5.74. The molecule has 0 spiro atoms. The van der Waals surface area contributed by atoms with Gasteiger partial charge in [0.15, 0.2) is 0 Å². The van der Waals surface area contributed by atoms with Crippen molar-refractivity contribution in [1.82, 2.24) is 15.5 Å². The first-order valence-electron chi connectivity index (χ1n) is 8.34. The number of fused-ring (bicyclic) bond motifs is 1. The fourth-order valence-electron chi connectivity index (χ4n) is 2.64. The Morgan fingerprint density at radius 3 is 2.92 bits per heavy atom. The molecule has 6 heteroatoms. The van der Waals surface area contributed by atoms with E-state index in [9.17, 15) is 4.79 Å². The van der Waals surface area contributed by atoms with Crippen LogP contribution in [0.25, 0.3) is 22.2 Å². The molecule has 3 rings (SSSR count). The number of benzene rings is 2. The molecular weight excluding hydrogens is 318 g/mol. The number of aryl methyl sites for hydroxylation is 1. The minimum absolute atomic E-state index is 0.0268. The smallest absolute Gasteiger partial charge is 0.227 e. The van der Waals surface area contributed by atoms with Gasteiger partial charge in [0.2, 0.25) is 17.6 Å². The van der Waals surface area contributed by atoms with Crippen LogP contribution in [-0.2, 0) is 16.0 Å². The normalized spacial score (nSPS) is 10.9. The Labute approximate surface area is 146 Å². The lowest BCUT2D eigenvalue weighted by Crippen LogP contribution is -2.25. The minimum atomic E-state index is -0.0268. The molecule has 2 aromatic carbocycles. The van der Waals surface area contributed by atoms with Gasteiger partial charge in [-0.15, -0.1) is 0 Å². The number of aromatic nitrogens is 2. The van der Waals surface area contributed by atoms with E-state index in [1.807, 2.05) is 42.5 Å². The molecule has 0 radical (unpaired) electrons. The average Bonchev–Trinajstić information content (AvgIpc) is 3.12. The summed E-state index contributed by atoms with van der Waals surface area (Å²) in [7, 11) is 1.64. The summed E-state index contributed by atoms with van der Waals surface area (Å²) in [6.45, 7) is 1.25. The maximum absolute atomic E-state index is 11.8. The number of carbonyl (C=O) groups is 1. The molecular formula is C19H21N3O3. The van der Waals surface area contributed by atoms with Crippen LogP contribution in [0.3, 0.4) is 0 Å². The molecule has 130 valence electrons. The third kappa shape index (κ3) is 4.42. The SMILES string of the molecule is COCCCNC(=O)CCc1nc(-c2cccc3ccccc23)no1. The predicted octanol–water partition coefficient (Wildman–Crippen LogP) is 2.98. The van der Waals surface area contributed by atoms with Gasteiger partial charge in [-0.3, -0.25) is 4.79 Å². The molecule has 3 aromatic rings. The van der Waals surface area contributed by atoms with E-state index in [-0.39, 0.29) is 5.91 Å². The first-order chi connectivity index (χ1) is 12.3. The third-order valence-corrected chi connectivity index (χ3v) is 3.91. The van der Waals surface area contributed by atoms with E-state index in [0.29, 0.717) is 37.7 Å². The standard InChI is InChI=1S/C19H21N3O3/c1-24-13-5-12-20-17(23)10-11-18-21-19(22-25-18)16-9-4-7-14-6-2-3-8-15(14)16/h2-4,6-9H,5,10-13H2,1H3,(H,20,23). The second kappa shape index (κ2) is 8.39. The van der Waals surface area contributed by atoms with E-state index in [1.54, 1.807) is 7.11 Å². The molecule has 1 amide bonds. The molecule has 1 aromatic heterocycles. The Morgan fingerprint density at radius 2 is 2.04 bits per heavy atom. The van der Waals surface area contributed by atoms with E-state index < -0.39 is 0 Å².